The van der Waals surface area contributed by atoms with Crippen LogP contribution < -0.4 is 4.74 Å². The summed E-state index contributed by atoms with van der Waals surface area (Å²) < 4.78 is 11.1. The molecule has 1 atom stereocenters. The Morgan fingerprint density at radius 3 is 2.94 bits per heavy atom. The van der Waals surface area contributed by atoms with Crippen LogP contribution in [-0.2, 0) is 10.3 Å². The molecule has 0 amide bonds. The van der Waals surface area contributed by atoms with E-state index in [9.17, 15) is 5.11 Å². The molecule has 2 rings (SSSR count). The first-order chi connectivity index (χ1) is 8.64. The molecule has 0 aliphatic rings. The second-order valence-electron chi connectivity index (χ2n) is 4.18. The highest BCUT2D eigenvalue weighted by Crippen LogP contribution is 2.29. The summed E-state index contributed by atoms with van der Waals surface area (Å²) in [7, 11) is 1.61. The van der Waals surface area contributed by atoms with Gasteiger partial charge in [0.1, 0.15) is 11.5 Å². The van der Waals surface area contributed by atoms with E-state index in [0.29, 0.717) is 12.4 Å². The van der Waals surface area contributed by atoms with Crippen LogP contribution in [0.1, 0.15) is 12.5 Å². The lowest BCUT2D eigenvalue weighted by atomic mass is 10.0. The van der Waals surface area contributed by atoms with Crippen LogP contribution in [0.15, 0.2) is 30.6 Å². The standard InChI is InChI=1S/C13H15N2O3/c1-13(9-17-2,10-7-14-15-8-10)18-12-5-3-4-11(16)6-12/h4-8,16H,9H2,1-2H3,(H,14,15). The lowest BCUT2D eigenvalue weighted by Crippen LogP contribution is -2.34. The SMILES string of the molecule is COCC(C)(Oc1c[c]cc(O)c1)c1cn[nH]c1. The van der Waals surface area contributed by atoms with Crippen molar-refractivity contribution < 1.29 is 14.6 Å². The number of aromatic amines is 1. The first-order valence-electron chi connectivity index (χ1n) is 5.51. The van der Waals surface area contributed by atoms with Crippen molar-refractivity contribution in [2.45, 2.75) is 12.5 Å². The Labute approximate surface area is 105 Å². The Morgan fingerprint density at radius 2 is 2.33 bits per heavy atom. The van der Waals surface area contributed by atoms with E-state index in [4.69, 9.17) is 9.47 Å². The second kappa shape index (κ2) is 5.10. The zero-order chi connectivity index (χ0) is 13.0. The number of ether oxygens (including phenoxy) is 2. The van der Waals surface area contributed by atoms with Gasteiger partial charge in [-0.1, -0.05) is 0 Å². The van der Waals surface area contributed by atoms with Crippen molar-refractivity contribution in [2.75, 3.05) is 13.7 Å². The average Bonchev–Trinajstić information content (AvgIpc) is 2.83. The fourth-order valence-electron chi connectivity index (χ4n) is 1.74. The molecule has 0 aliphatic carbocycles. The molecular weight excluding hydrogens is 232 g/mol. The molecule has 0 bridgehead atoms. The fraction of sp³-hybridized carbons (Fsp3) is 0.308. The quantitative estimate of drug-likeness (QED) is 0.846. The smallest absolute Gasteiger partial charge is 0.157 e. The van der Waals surface area contributed by atoms with Crippen molar-refractivity contribution in [1.82, 2.24) is 10.2 Å². The molecule has 1 unspecified atom stereocenters. The highest BCUT2D eigenvalue weighted by Gasteiger charge is 2.30. The van der Waals surface area contributed by atoms with Gasteiger partial charge in [-0.25, -0.2) is 0 Å². The van der Waals surface area contributed by atoms with Crippen molar-refractivity contribution in [3.63, 3.8) is 0 Å². The predicted molar refractivity (Wildman–Crippen MR) is 65.4 cm³/mol. The predicted octanol–water partition coefficient (Wildman–Crippen LogP) is 1.86. The van der Waals surface area contributed by atoms with Crippen molar-refractivity contribution in [1.29, 1.82) is 0 Å². The summed E-state index contributed by atoms with van der Waals surface area (Å²) in [6, 6.07) is 7.46. The van der Waals surface area contributed by atoms with Crippen molar-refractivity contribution in [3.05, 3.63) is 42.2 Å². The number of hydrogen-bond donors (Lipinski definition) is 2. The van der Waals surface area contributed by atoms with Gasteiger partial charge in [0.25, 0.3) is 0 Å². The number of aromatic hydroxyl groups is 1. The maximum Gasteiger partial charge on any atom is 0.157 e. The molecule has 2 N–H and O–H groups in total. The van der Waals surface area contributed by atoms with Gasteiger partial charge < -0.3 is 14.6 Å². The van der Waals surface area contributed by atoms with E-state index in [2.05, 4.69) is 16.3 Å². The number of rotatable bonds is 5. The molecule has 0 saturated carbocycles. The zero-order valence-corrected chi connectivity index (χ0v) is 10.3. The van der Waals surface area contributed by atoms with Gasteiger partial charge in [0.05, 0.1) is 12.8 Å². The normalized spacial score (nSPS) is 14.1. The first kappa shape index (κ1) is 12.4. The second-order valence-corrected chi connectivity index (χ2v) is 4.18. The molecule has 95 valence electrons. The molecule has 0 spiro atoms. The molecule has 1 heterocycles. The maximum atomic E-state index is 9.41. The van der Waals surface area contributed by atoms with Gasteiger partial charge in [-0.3, -0.25) is 5.10 Å². The van der Waals surface area contributed by atoms with Crippen LogP contribution in [0.3, 0.4) is 0 Å². The number of phenols is 1. The molecule has 0 saturated heterocycles. The van der Waals surface area contributed by atoms with Gasteiger partial charge in [0.2, 0.25) is 0 Å². The van der Waals surface area contributed by atoms with E-state index in [1.165, 1.54) is 12.1 Å². The van der Waals surface area contributed by atoms with Gasteiger partial charge in [-0.15, -0.1) is 0 Å². The van der Waals surface area contributed by atoms with Gasteiger partial charge in [-0.05, 0) is 25.1 Å². The number of phenolic OH excluding ortho intramolecular Hbond substituents is 1. The Morgan fingerprint density at radius 1 is 1.50 bits per heavy atom. The lowest BCUT2D eigenvalue weighted by molar-refractivity contribution is 0.000286. The van der Waals surface area contributed by atoms with Gasteiger partial charge in [0.15, 0.2) is 5.60 Å². The molecular formula is C13H15N2O3. The summed E-state index contributed by atoms with van der Waals surface area (Å²) in [4.78, 5) is 0. The van der Waals surface area contributed by atoms with Crippen molar-refractivity contribution in [2.24, 2.45) is 0 Å². The molecule has 1 radical (unpaired) electrons. The molecule has 18 heavy (non-hydrogen) atoms. The molecule has 1 aromatic carbocycles. The van der Waals surface area contributed by atoms with Crippen LogP contribution in [0.25, 0.3) is 0 Å². The monoisotopic (exact) mass is 247 g/mol. The van der Waals surface area contributed by atoms with Crippen LogP contribution in [-0.4, -0.2) is 29.0 Å². The summed E-state index contributed by atoms with van der Waals surface area (Å²) in [5.41, 5.74) is 0.191. The van der Waals surface area contributed by atoms with Crippen LogP contribution in [0.4, 0.5) is 0 Å². The molecule has 0 aliphatic heterocycles. The number of aromatic nitrogens is 2. The van der Waals surface area contributed by atoms with Crippen LogP contribution >= 0.6 is 0 Å². The molecule has 2 aromatic rings. The number of hydrogen-bond acceptors (Lipinski definition) is 4. The number of nitrogens with zero attached hydrogens (tertiary/aromatic N) is 1. The van der Waals surface area contributed by atoms with Crippen molar-refractivity contribution in [3.8, 4) is 11.5 Å². The highest BCUT2D eigenvalue weighted by molar-refractivity contribution is 5.32. The number of nitrogens with one attached hydrogen (secondary N) is 1. The van der Waals surface area contributed by atoms with Crippen LogP contribution in [0.5, 0.6) is 11.5 Å². The Bertz CT molecular complexity index is 499. The minimum absolute atomic E-state index is 0.111. The Kier molecular flexibility index (Phi) is 3.53. The van der Waals surface area contributed by atoms with E-state index >= 15 is 0 Å². The molecule has 5 heteroatoms. The van der Waals surface area contributed by atoms with Gasteiger partial charge in [0, 0.05) is 24.9 Å². The summed E-state index contributed by atoms with van der Waals surface area (Å²) in [6.45, 7) is 2.26. The van der Waals surface area contributed by atoms with E-state index < -0.39 is 5.60 Å². The molecule has 1 aromatic heterocycles. The fourth-order valence-corrected chi connectivity index (χ4v) is 1.74. The number of H-pyrrole nitrogens is 1. The van der Waals surface area contributed by atoms with Crippen LogP contribution in [0, 0.1) is 6.07 Å². The van der Waals surface area contributed by atoms with E-state index in [-0.39, 0.29) is 5.75 Å². The van der Waals surface area contributed by atoms with Crippen LogP contribution in [0.2, 0.25) is 0 Å². The topological polar surface area (TPSA) is 67.4 Å². The summed E-state index contributed by atoms with van der Waals surface area (Å²) >= 11 is 0. The minimum atomic E-state index is -0.677. The third kappa shape index (κ3) is 2.62. The number of benzene rings is 1. The Hall–Kier alpha value is -2.01. The van der Waals surface area contributed by atoms with Gasteiger partial charge in [-0.2, -0.15) is 5.10 Å². The van der Waals surface area contributed by atoms with Gasteiger partial charge >= 0.3 is 0 Å². The molecule has 0 fully saturated rings. The largest absolute Gasteiger partial charge is 0.508 e. The first-order valence-corrected chi connectivity index (χ1v) is 5.51. The zero-order valence-electron chi connectivity index (χ0n) is 10.3. The third-order valence-corrected chi connectivity index (χ3v) is 2.62. The van der Waals surface area contributed by atoms with E-state index in [1.807, 2.05) is 6.92 Å². The average molecular weight is 247 g/mol. The highest BCUT2D eigenvalue weighted by atomic mass is 16.5. The summed E-state index contributed by atoms with van der Waals surface area (Å²) in [5, 5.41) is 16.1. The third-order valence-electron chi connectivity index (χ3n) is 2.62. The Balaban J connectivity index is 2.26. The van der Waals surface area contributed by atoms with Crippen molar-refractivity contribution >= 4 is 0 Å². The maximum absolute atomic E-state index is 9.41. The molecule has 5 nitrogen and oxygen atoms in total. The summed E-state index contributed by atoms with van der Waals surface area (Å²) in [5.74, 6) is 0.634. The van der Waals surface area contributed by atoms with E-state index in [0.717, 1.165) is 5.56 Å². The number of methoxy groups -OCH3 is 1. The minimum Gasteiger partial charge on any atom is -0.508 e. The summed E-state index contributed by atoms with van der Waals surface area (Å²) in [6.07, 6.45) is 3.44. The lowest BCUT2D eigenvalue weighted by Gasteiger charge is -2.29. The van der Waals surface area contributed by atoms with E-state index in [1.54, 1.807) is 25.6 Å².